The number of rotatable bonds is 8. The number of benzene rings is 2. The van der Waals surface area contributed by atoms with Gasteiger partial charge in [0.05, 0.1) is 13.2 Å². The number of halogens is 4. The monoisotopic (exact) mass is 532 g/mol. The predicted octanol–water partition coefficient (Wildman–Crippen LogP) is 4.70. The molecule has 0 bridgehead atoms. The normalized spacial score (nSPS) is 9.09. The molecule has 188 valence electrons. The summed E-state index contributed by atoms with van der Waals surface area (Å²) in [4.78, 5) is 43.6. The molecule has 0 saturated heterocycles. The van der Waals surface area contributed by atoms with E-state index in [0.29, 0.717) is 0 Å². The Morgan fingerprint density at radius 3 is 1.26 bits per heavy atom. The standard InChI is InChI=1S/2C11H9F2O3.2CH3.Ti/c2*1-7(14)16-5-4-11(15)9-3-2-8(12)6-10(9)13;;;/h2*2-3H,4-5H2,1H3;2*1H3;/q4*-1;+4. The summed E-state index contributed by atoms with van der Waals surface area (Å²) >= 11 is 0. The summed E-state index contributed by atoms with van der Waals surface area (Å²) in [5, 5.41) is 0. The molecule has 2 aromatic carbocycles. The van der Waals surface area contributed by atoms with Crippen molar-refractivity contribution in [3.63, 3.8) is 0 Å². The van der Waals surface area contributed by atoms with Crippen LogP contribution in [0.2, 0.25) is 0 Å². The fraction of sp³-hybridized carbons (Fsp3) is 0.250. The molecule has 0 atom stereocenters. The summed E-state index contributed by atoms with van der Waals surface area (Å²) in [5.74, 6) is -5.95. The first-order valence-electron chi connectivity index (χ1n) is 9.09. The van der Waals surface area contributed by atoms with Crippen molar-refractivity contribution >= 4 is 23.5 Å². The van der Waals surface area contributed by atoms with E-state index in [2.05, 4.69) is 9.47 Å². The number of hydrogen-bond donors (Lipinski definition) is 0. The number of carbonyl (C=O) groups is 4. The fourth-order valence-electron chi connectivity index (χ4n) is 2.16. The summed E-state index contributed by atoms with van der Waals surface area (Å²) in [6, 6.07) is 7.48. The van der Waals surface area contributed by atoms with Gasteiger partial charge >= 0.3 is 33.7 Å². The summed E-state index contributed by atoms with van der Waals surface area (Å²) in [6.45, 7) is 2.17. The molecule has 2 aromatic rings. The molecular formula is C24H24F4O6Ti. The van der Waals surface area contributed by atoms with E-state index in [1.54, 1.807) is 12.1 Å². The Balaban J connectivity index is -0.000000539. The number of Topliss-reactive ketones (excluding diaryl/α,β-unsaturated/α-hetero) is 2. The van der Waals surface area contributed by atoms with Crippen molar-refractivity contribution in [1.82, 2.24) is 0 Å². The number of hydrogen-bond acceptors (Lipinski definition) is 6. The molecule has 11 heteroatoms. The van der Waals surface area contributed by atoms with E-state index in [-0.39, 0.29) is 73.8 Å². The third kappa shape index (κ3) is 14.2. The van der Waals surface area contributed by atoms with Gasteiger partial charge in [0, 0.05) is 50.0 Å². The Kier molecular flexibility index (Phi) is 19.4. The zero-order valence-electron chi connectivity index (χ0n) is 19.6. The van der Waals surface area contributed by atoms with Crippen LogP contribution in [0.4, 0.5) is 17.6 Å². The zero-order valence-corrected chi connectivity index (χ0v) is 21.2. The maximum absolute atomic E-state index is 13.1. The van der Waals surface area contributed by atoms with E-state index in [1.807, 2.05) is 0 Å². The van der Waals surface area contributed by atoms with Crippen molar-refractivity contribution in [3.05, 3.63) is 85.6 Å². The van der Waals surface area contributed by atoms with Gasteiger partial charge in [-0.2, -0.15) is 12.1 Å². The van der Waals surface area contributed by atoms with Crippen LogP contribution in [0.5, 0.6) is 0 Å². The van der Waals surface area contributed by atoms with Gasteiger partial charge < -0.3 is 33.9 Å². The molecule has 35 heavy (non-hydrogen) atoms. The molecule has 0 N–H and O–H groups in total. The third-order valence-electron chi connectivity index (χ3n) is 3.59. The van der Waals surface area contributed by atoms with Crippen molar-refractivity contribution in [2.24, 2.45) is 0 Å². The smallest absolute Gasteiger partial charge is 0.465 e. The third-order valence-corrected chi connectivity index (χ3v) is 3.59. The topological polar surface area (TPSA) is 86.7 Å². The minimum absolute atomic E-state index is 0. The average molecular weight is 532 g/mol. The quantitative estimate of drug-likeness (QED) is 0.161. The second kappa shape index (κ2) is 18.5. The van der Waals surface area contributed by atoms with Gasteiger partial charge in [-0.1, -0.05) is 11.1 Å². The van der Waals surface area contributed by atoms with Crippen LogP contribution >= 0.6 is 0 Å². The molecule has 6 nitrogen and oxygen atoms in total. The van der Waals surface area contributed by atoms with Crippen LogP contribution in [-0.2, 0) is 40.8 Å². The van der Waals surface area contributed by atoms with Crippen molar-refractivity contribution in [2.45, 2.75) is 26.7 Å². The second-order valence-corrected chi connectivity index (χ2v) is 6.09. The molecule has 0 aliphatic rings. The van der Waals surface area contributed by atoms with E-state index in [0.717, 1.165) is 24.3 Å². The SMILES string of the molecule is CC(=O)OCCC(=O)c1ccc(F)[c-]c1F.CC(=O)OCCC(=O)c1ccc(F)[c-]c1F.[CH3-].[CH3-].[Ti+4]. The molecule has 0 aromatic heterocycles. The number of esters is 2. The van der Waals surface area contributed by atoms with Gasteiger partial charge in [-0.3, -0.25) is 9.59 Å². The van der Waals surface area contributed by atoms with Crippen molar-refractivity contribution in [1.29, 1.82) is 0 Å². The van der Waals surface area contributed by atoms with Gasteiger partial charge in [-0.05, 0) is 0 Å². The minimum atomic E-state index is -1.03. The number of ketones is 2. The molecule has 0 aliphatic heterocycles. The van der Waals surface area contributed by atoms with Crippen LogP contribution in [0.15, 0.2) is 24.3 Å². The van der Waals surface area contributed by atoms with Crippen LogP contribution in [0.25, 0.3) is 0 Å². The molecule has 0 fully saturated rings. The number of ether oxygens (including phenoxy) is 2. The van der Waals surface area contributed by atoms with Crippen molar-refractivity contribution < 1.29 is 67.9 Å². The van der Waals surface area contributed by atoms with E-state index in [4.69, 9.17) is 0 Å². The first kappa shape index (κ1) is 36.7. The molecule has 0 saturated carbocycles. The summed E-state index contributed by atoms with van der Waals surface area (Å²) in [6.07, 6.45) is -0.286. The Labute approximate surface area is 216 Å². The largest absolute Gasteiger partial charge is 4.00 e. The number of carbonyl (C=O) groups excluding carboxylic acids is 4. The molecule has 0 radical (unpaired) electrons. The fourth-order valence-corrected chi connectivity index (χ4v) is 2.16. The van der Waals surface area contributed by atoms with Crippen LogP contribution in [0, 0.1) is 50.3 Å². The molecule has 0 heterocycles. The van der Waals surface area contributed by atoms with Crippen LogP contribution in [-0.4, -0.2) is 36.7 Å². The first-order chi connectivity index (χ1) is 15.0. The Bertz CT molecular complexity index is 918. The van der Waals surface area contributed by atoms with E-state index in [9.17, 15) is 36.7 Å². The van der Waals surface area contributed by atoms with Crippen molar-refractivity contribution in [2.75, 3.05) is 13.2 Å². The van der Waals surface area contributed by atoms with Gasteiger partial charge in [-0.25, -0.2) is 17.6 Å². The van der Waals surface area contributed by atoms with Gasteiger partial charge in [0.15, 0.2) is 0 Å². The van der Waals surface area contributed by atoms with Gasteiger partial charge in [0.25, 0.3) is 0 Å². The molecule has 2 rings (SSSR count). The average Bonchev–Trinajstić information content (AvgIpc) is 2.67. The van der Waals surface area contributed by atoms with Crippen LogP contribution in [0.1, 0.15) is 47.4 Å². The Morgan fingerprint density at radius 1 is 0.686 bits per heavy atom. The summed E-state index contributed by atoms with van der Waals surface area (Å²) in [5.41, 5.74) is -0.512. The second-order valence-electron chi connectivity index (χ2n) is 6.09. The molecule has 0 amide bonds. The predicted molar refractivity (Wildman–Crippen MR) is 114 cm³/mol. The van der Waals surface area contributed by atoms with E-state index in [1.165, 1.54) is 13.8 Å². The van der Waals surface area contributed by atoms with Gasteiger partial charge in [0.2, 0.25) is 0 Å². The molecule has 0 spiro atoms. The molecule has 0 unspecified atom stereocenters. The summed E-state index contributed by atoms with van der Waals surface area (Å²) < 4.78 is 60.2. The minimum Gasteiger partial charge on any atom is -0.465 e. The zero-order chi connectivity index (χ0) is 24.3. The van der Waals surface area contributed by atoms with Gasteiger partial charge in [0.1, 0.15) is 11.6 Å². The van der Waals surface area contributed by atoms with Crippen LogP contribution < -0.4 is 0 Å². The Hall–Kier alpha value is -2.85. The van der Waals surface area contributed by atoms with Crippen molar-refractivity contribution in [3.8, 4) is 0 Å². The molecular weight excluding hydrogens is 508 g/mol. The maximum Gasteiger partial charge on any atom is 4.00 e. The first-order valence-corrected chi connectivity index (χ1v) is 9.09. The van der Waals surface area contributed by atoms with Crippen LogP contribution in [0.3, 0.4) is 0 Å². The van der Waals surface area contributed by atoms with Gasteiger partial charge in [-0.15, -0.1) is 24.3 Å². The maximum atomic E-state index is 13.1. The van der Waals surface area contributed by atoms with E-state index < -0.39 is 46.8 Å². The summed E-state index contributed by atoms with van der Waals surface area (Å²) in [7, 11) is 0. The Morgan fingerprint density at radius 2 is 1.00 bits per heavy atom. The van der Waals surface area contributed by atoms with E-state index >= 15 is 0 Å². The molecule has 0 aliphatic carbocycles.